The van der Waals surface area contributed by atoms with Crippen LogP contribution in [0.15, 0.2) is 29.2 Å². The van der Waals surface area contributed by atoms with Crippen molar-refractivity contribution in [3.05, 3.63) is 41.8 Å². The molecule has 0 saturated heterocycles. The summed E-state index contributed by atoms with van der Waals surface area (Å²) in [5.41, 5.74) is 2.17. The highest BCUT2D eigenvalue weighted by Crippen LogP contribution is 2.32. The van der Waals surface area contributed by atoms with Crippen molar-refractivity contribution in [3.8, 4) is 0 Å². The SMILES string of the molecule is CC(Cc1cnccn1)N(C)Cc1cc(C2CCCCC2)no1. The summed E-state index contributed by atoms with van der Waals surface area (Å²) in [6, 6.07) is 2.52. The highest BCUT2D eigenvalue weighted by molar-refractivity contribution is 5.11. The summed E-state index contributed by atoms with van der Waals surface area (Å²) >= 11 is 0. The lowest BCUT2D eigenvalue weighted by Gasteiger charge is -2.23. The normalized spacial score (nSPS) is 17.5. The van der Waals surface area contributed by atoms with E-state index in [0.717, 1.165) is 30.1 Å². The van der Waals surface area contributed by atoms with Gasteiger partial charge in [-0.15, -0.1) is 0 Å². The second kappa shape index (κ2) is 7.68. The van der Waals surface area contributed by atoms with E-state index in [1.165, 1.54) is 32.1 Å². The lowest BCUT2D eigenvalue weighted by atomic mass is 9.87. The van der Waals surface area contributed by atoms with E-state index in [0.29, 0.717) is 12.0 Å². The molecular weight excluding hydrogens is 288 g/mol. The largest absolute Gasteiger partial charge is 0.360 e. The molecule has 1 aliphatic carbocycles. The lowest BCUT2D eigenvalue weighted by molar-refractivity contribution is 0.216. The molecule has 1 atom stereocenters. The van der Waals surface area contributed by atoms with Crippen molar-refractivity contribution in [2.45, 2.75) is 64.0 Å². The van der Waals surface area contributed by atoms with Crippen molar-refractivity contribution >= 4 is 0 Å². The van der Waals surface area contributed by atoms with Crippen LogP contribution in [0.25, 0.3) is 0 Å². The zero-order valence-electron chi connectivity index (χ0n) is 14.1. The summed E-state index contributed by atoms with van der Waals surface area (Å²) in [6.07, 6.45) is 12.7. The van der Waals surface area contributed by atoms with E-state index < -0.39 is 0 Å². The average molecular weight is 314 g/mol. The Morgan fingerprint density at radius 3 is 2.83 bits per heavy atom. The number of rotatable bonds is 6. The van der Waals surface area contributed by atoms with Crippen molar-refractivity contribution in [2.24, 2.45) is 0 Å². The number of aromatic nitrogens is 3. The van der Waals surface area contributed by atoms with Crippen LogP contribution in [0.4, 0.5) is 0 Å². The molecule has 0 radical (unpaired) electrons. The van der Waals surface area contributed by atoms with Crippen LogP contribution < -0.4 is 0 Å². The monoisotopic (exact) mass is 314 g/mol. The van der Waals surface area contributed by atoms with E-state index in [1.54, 1.807) is 12.4 Å². The zero-order chi connectivity index (χ0) is 16.1. The first-order valence-electron chi connectivity index (χ1n) is 8.63. The Labute approximate surface area is 138 Å². The van der Waals surface area contributed by atoms with E-state index in [9.17, 15) is 0 Å². The number of likely N-dealkylation sites (N-methyl/N-ethyl adjacent to an activating group) is 1. The minimum absolute atomic E-state index is 0.370. The molecule has 0 spiro atoms. The maximum Gasteiger partial charge on any atom is 0.150 e. The summed E-state index contributed by atoms with van der Waals surface area (Å²) < 4.78 is 5.57. The van der Waals surface area contributed by atoms with Crippen LogP contribution in [0.1, 0.15) is 62.1 Å². The summed E-state index contributed by atoms with van der Waals surface area (Å²) in [4.78, 5) is 10.8. The fourth-order valence-electron chi connectivity index (χ4n) is 3.29. The summed E-state index contributed by atoms with van der Waals surface area (Å²) in [6.45, 7) is 2.98. The lowest BCUT2D eigenvalue weighted by Crippen LogP contribution is -2.30. The maximum absolute atomic E-state index is 5.57. The minimum atomic E-state index is 0.370. The highest BCUT2D eigenvalue weighted by atomic mass is 16.5. The fraction of sp³-hybridized carbons (Fsp3) is 0.611. The van der Waals surface area contributed by atoms with E-state index in [1.807, 2.05) is 6.20 Å². The number of nitrogens with zero attached hydrogens (tertiary/aromatic N) is 4. The van der Waals surface area contributed by atoms with Crippen LogP contribution in [-0.2, 0) is 13.0 Å². The molecule has 124 valence electrons. The molecule has 0 aliphatic heterocycles. The molecule has 1 aliphatic rings. The van der Waals surface area contributed by atoms with Gasteiger partial charge in [0, 0.05) is 43.0 Å². The summed E-state index contributed by atoms with van der Waals surface area (Å²) in [7, 11) is 2.11. The third-order valence-electron chi connectivity index (χ3n) is 4.88. The molecule has 1 saturated carbocycles. The number of hydrogen-bond acceptors (Lipinski definition) is 5. The van der Waals surface area contributed by atoms with Gasteiger partial charge in [-0.25, -0.2) is 0 Å². The van der Waals surface area contributed by atoms with Crippen molar-refractivity contribution in [1.29, 1.82) is 0 Å². The number of hydrogen-bond donors (Lipinski definition) is 0. The molecule has 5 heteroatoms. The molecule has 2 aromatic rings. The molecule has 0 N–H and O–H groups in total. The Kier molecular flexibility index (Phi) is 5.39. The quantitative estimate of drug-likeness (QED) is 0.816. The van der Waals surface area contributed by atoms with Gasteiger partial charge in [-0.2, -0.15) is 0 Å². The highest BCUT2D eigenvalue weighted by Gasteiger charge is 2.20. The molecule has 1 fully saturated rings. The maximum atomic E-state index is 5.57. The van der Waals surface area contributed by atoms with Crippen molar-refractivity contribution in [3.63, 3.8) is 0 Å². The van der Waals surface area contributed by atoms with Gasteiger partial charge in [0.05, 0.1) is 17.9 Å². The van der Waals surface area contributed by atoms with Crippen LogP contribution >= 0.6 is 0 Å². The molecular formula is C18H26N4O. The first-order valence-corrected chi connectivity index (χ1v) is 8.63. The first-order chi connectivity index (χ1) is 11.2. The van der Waals surface area contributed by atoms with Crippen molar-refractivity contribution in [1.82, 2.24) is 20.0 Å². The Morgan fingerprint density at radius 1 is 1.26 bits per heavy atom. The van der Waals surface area contributed by atoms with E-state index in [4.69, 9.17) is 4.52 Å². The molecule has 1 unspecified atom stereocenters. The van der Waals surface area contributed by atoms with E-state index >= 15 is 0 Å². The van der Waals surface area contributed by atoms with Gasteiger partial charge in [0.15, 0.2) is 5.76 Å². The van der Waals surface area contributed by atoms with Gasteiger partial charge in [0.1, 0.15) is 0 Å². The Balaban J connectivity index is 1.55. The summed E-state index contributed by atoms with van der Waals surface area (Å²) in [5, 5.41) is 4.31. The zero-order valence-corrected chi connectivity index (χ0v) is 14.1. The van der Waals surface area contributed by atoms with Crippen LogP contribution in [0.5, 0.6) is 0 Å². The van der Waals surface area contributed by atoms with Gasteiger partial charge < -0.3 is 4.52 Å². The fourth-order valence-corrected chi connectivity index (χ4v) is 3.29. The molecule has 0 amide bonds. The van der Waals surface area contributed by atoms with E-state index in [-0.39, 0.29) is 0 Å². The van der Waals surface area contributed by atoms with Gasteiger partial charge in [-0.05, 0) is 26.8 Å². The van der Waals surface area contributed by atoms with Gasteiger partial charge in [0.25, 0.3) is 0 Å². The van der Waals surface area contributed by atoms with Crippen molar-refractivity contribution in [2.75, 3.05) is 7.05 Å². The van der Waals surface area contributed by atoms with Crippen molar-refractivity contribution < 1.29 is 4.52 Å². The molecule has 5 nitrogen and oxygen atoms in total. The molecule has 23 heavy (non-hydrogen) atoms. The van der Waals surface area contributed by atoms with E-state index in [2.05, 4.69) is 40.1 Å². The standard InChI is InChI=1S/C18H26N4O/c1-14(10-16-12-19-8-9-20-16)22(2)13-17-11-18(21-23-17)15-6-4-3-5-7-15/h8-9,11-12,14-15H,3-7,10,13H2,1-2H3. The molecule has 2 heterocycles. The topological polar surface area (TPSA) is 55.1 Å². The Bertz CT molecular complexity index is 592. The Morgan fingerprint density at radius 2 is 2.09 bits per heavy atom. The molecule has 0 aromatic carbocycles. The summed E-state index contributed by atoms with van der Waals surface area (Å²) in [5.74, 6) is 1.56. The smallest absolute Gasteiger partial charge is 0.150 e. The third-order valence-corrected chi connectivity index (χ3v) is 4.88. The predicted octanol–water partition coefficient (Wildman–Crippen LogP) is 3.58. The molecule has 3 rings (SSSR count). The van der Waals surface area contributed by atoms with Gasteiger partial charge >= 0.3 is 0 Å². The van der Waals surface area contributed by atoms with Crippen LogP contribution in [0.2, 0.25) is 0 Å². The molecule has 0 bridgehead atoms. The first kappa shape index (κ1) is 16.1. The third kappa shape index (κ3) is 4.38. The van der Waals surface area contributed by atoms with Crippen LogP contribution in [0, 0.1) is 0 Å². The second-order valence-corrected chi connectivity index (χ2v) is 6.72. The van der Waals surface area contributed by atoms with Crippen LogP contribution in [-0.4, -0.2) is 33.1 Å². The van der Waals surface area contributed by atoms with Gasteiger partial charge in [-0.3, -0.25) is 14.9 Å². The molecule has 2 aromatic heterocycles. The minimum Gasteiger partial charge on any atom is -0.360 e. The predicted molar refractivity (Wildman–Crippen MR) is 89.0 cm³/mol. The second-order valence-electron chi connectivity index (χ2n) is 6.72. The Hall–Kier alpha value is -1.75. The van der Waals surface area contributed by atoms with Gasteiger partial charge in [-0.1, -0.05) is 24.4 Å². The average Bonchev–Trinajstić information content (AvgIpc) is 3.05. The van der Waals surface area contributed by atoms with Crippen LogP contribution in [0.3, 0.4) is 0 Å². The van der Waals surface area contributed by atoms with Gasteiger partial charge in [0.2, 0.25) is 0 Å².